The van der Waals surface area contributed by atoms with Crippen LogP contribution >= 0.6 is 19.7 Å². The average molecular weight is 433 g/mol. The highest BCUT2D eigenvalue weighted by atomic mass is 35.5. The van der Waals surface area contributed by atoms with Crippen molar-refractivity contribution in [3.8, 4) is 0 Å². The number of amides is 1. The van der Waals surface area contributed by atoms with Crippen LogP contribution in [0.25, 0.3) is 0 Å². The van der Waals surface area contributed by atoms with Crippen LogP contribution in [0.5, 0.6) is 0 Å². The first-order valence-electron chi connectivity index (χ1n) is 8.54. The number of hydrogen-bond donors (Lipinski definition) is 1. The Hall–Kier alpha value is -2.82. The number of nitrogens with zero attached hydrogens (tertiary/aromatic N) is 1. The Kier molecular flexibility index (Phi) is 7.28. The summed E-state index contributed by atoms with van der Waals surface area (Å²) in [5.41, 5.74) is 2.31. The van der Waals surface area contributed by atoms with Crippen molar-refractivity contribution >= 4 is 42.2 Å². The lowest BCUT2D eigenvalue weighted by Crippen LogP contribution is -2.26. The predicted molar refractivity (Wildman–Crippen MR) is 113 cm³/mol. The molecule has 1 N–H and O–H groups in total. The van der Waals surface area contributed by atoms with Gasteiger partial charge in [0, 0.05) is 21.2 Å². The molecule has 0 aromatic heterocycles. The van der Waals surface area contributed by atoms with Crippen molar-refractivity contribution < 1.29 is 18.1 Å². The summed E-state index contributed by atoms with van der Waals surface area (Å²) in [4.78, 5) is 12.2. The van der Waals surface area contributed by atoms with E-state index in [1.165, 1.54) is 12.1 Å². The topological polar surface area (TPSA) is 50.7 Å². The SMILES string of the molecule is O=C(NN=C(OP(c1ccccc1)c1ccccc1)C(F)F)c1cccc(Cl)c1. The predicted octanol–water partition coefficient (Wildman–Crippen LogP) is 4.71. The Bertz CT molecular complexity index is 949. The minimum absolute atomic E-state index is 0.197. The van der Waals surface area contributed by atoms with E-state index in [1.807, 2.05) is 12.1 Å². The zero-order chi connectivity index (χ0) is 20.6. The zero-order valence-electron chi connectivity index (χ0n) is 15.0. The molecule has 0 saturated heterocycles. The Morgan fingerprint density at radius 3 is 2.03 bits per heavy atom. The molecule has 0 radical (unpaired) electrons. The molecule has 1 amide bonds. The van der Waals surface area contributed by atoms with E-state index < -0.39 is 26.4 Å². The van der Waals surface area contributed by atoms with Gasteiger partial charge >= 0.3 is 6.43 Å². The number of benzene rings is 3. The molecule has 8 heteroatoms. The van der Waals surface area contributed by atoms with Crippen LogP contribution in [0.15, 0.2) is 90.0 Å². The third kappa shape index (κ3) is 5.83. The fourth-order valence-corrected chi connectivity index (χ4v) is 4.28. The van der Waals surface area contributed by atoms with E-state index >= 15 is 0 Å². The van der Waals surface area contributed by atoms with Crippen LogP contribution in [0.1, 0.15) is 10.4 Å². The summed E-state index contributed by atoms with van der Waals surface area (Å²) in [5, 5.41) is 5.37. The number of carbonyl (C=O) groups excluding carboxylic acids is 1. The standard InChI is InChI=1S/C21H16ClF2N2O2P/c22-16-9-7-8-15(14-16)20(27)25-26-21(19(23)24)28-29(17-10-3-1-4-11-17)18-12-5-2-6-13-18/h1-14,19H,(H,25,27). The smallest absolute Gasteiger partial charge is 0.314 e. The van der Waals surface area contributed by atoms with Crippen LogP contribution < -0.4 is 16.0 Å². The number of nitrogens with one attached hydrogen (secondary N) is 1. The summed E-state index contributed by atoms with van der Waals surface area (Å²) in [6.45, 7) is 0. The van der Waals surface area contributed by atoms with Crippen LogP contribution in [0.2, 0.25) is 5.02 Å². The summed E-state index contributed by atoms with van der Waals surface area (Å²) in [6.07, 6.45) is -3.01. The number of rotatable bonds is 6. The molecular weight excluding hydrogens is 417 g/mol. The van der Waals surface area contributed by atoms with Crippen molar-refractivity contribution in [1.29, 1.82) is 0 Å². The molecule has 0 spiro atoms. The Morgan fingerprint density at radius 1 is 0.931 bits per heavy atom. The van der Waals surface area contributed by atoms with E-state index in [0.717, 1.165) is 10.6 Å². The van der Waals surface area contributed by atoms with Crippen molar-refractivity contribution in [1.82, 2.24) is 5.43 Å². The summed E-state index contributed by atoms with van der Waals surface area (Å²) >= 11 is 5.85. The van der Waals surface area contributed by atoms with E-state index in [0.29, 0.717) is 5.02 Å². The molecule has 0 aliphatic heterocycles. The van der Waals surface area contributed by atoms with Gasteiger partial charge in [-0.2, -0.15) is 8.78 Å². The average Bonchev–Trinajstić information content (AvgIpc) is 2.74. The van der Waals surface area contributed by atoms with E-state index in [-0.39, 0.29) is 5.56 Å². The molecule has 3 aromatic rings. The maximum absolute atomic E-state index is 13.6. The van der Waals surface area contributed by atoms with Crippen LogP contribution in [-0.2, 0) is 4.52 Å². The monoisotopic (exact) mass is 432 g/mol. The normalized spacial score (nSPS) is 11.6. The van der Waals surface area contributed by atoms with Crippen LogP contribution in [0.3, 0.4) is 0 Å². The van der Waals surface area contributed by atoms with E-state index in [1.54, 1.807) is 60.7 Å². The van der Waals surface area contributed by atoms with Gasteiger partial charge in [-0.1, -0.05) is 78.3 Å². The summed E-state index contributed by atoms with van der Waals surface area (Å²) in [5.74, 6) is -1.53. The molecule has 0 aliphatic rings. The second-order valence-corrected chi connectivity index (χ2v) is 8.00. The Labute approximate surface area is 173 Å². The molecule has 0 saturated carbocycles. The molecule has 3 aromatic carbocycles. The van der Waals surface area contributed by atoms with Gasteiger partial charge in [-0.05, 0) is 18.2 Å². The minimum Gasteiger partial charge on any atom is -0.445 e. The minimum atomic E-state index is -3.01. The lowest BCUT2D eigenvalue weighted by molar-refractivity contribution is 0.0952. The van der Waals surface area contributed by atoms with Crippen molar-refractivity contribution in [2.24, 2.45) is 5.10 Å². The number of halogens is 3. The lowest BCUT2D eigenvalue weighted by atomic mass is 10.2. The number of carbonyl (C=O) groups is 1. The van der Waals surface area contributed by atoms with E-state index in [4.69, 9.17) is 16.1 Å². The first-order chi connectivity index (χ1) is 14.0. The van der Waals surface area contributed by atoms with Gasteiger partial charge in [0.25, 0.3) is 11.8 Å². The third-order valence-electron chi connectivity index (χ3n) is 3.71. The molecule has 148 valence electrons. The second-order valence-electron chi connectivity index (χ2n) is 5.76. The van der Waals surface area contributed by atoms with Gasteiger partial charge in [0.15, 0.2) is 8.15 Å². The molecule has 0 atom stereocenters. The first-order valence-corrected chi connectivity index (χ1v) is 10.2. The van der Waals surface area contributed by atoms with Gasteiger partial charge in [0.1, 0.15) is 0 Å². The molecule has 0 fully saturated rings. The van der Waals surface area contributed by atoms with Crippen molar-refractivity contribution in [3.63, 3.8) is 0 Å². The molecule has 3 rings (SSSR count). The van der Waals surface area contributed by atoms with Crippen LogP contribution in [0, 0.1) is 0 Å². The van der Waals surface area contributed by atoms with Crippen LogP contribution in [0.4, 0.5) is 8.78 Å². The highest BCUT2D eigenvalue weighted by molar-refractivity contribution is 7.69. The Morgan fingerprint density at radius 2 is 1.52 bits per heavy atom. The second kappa shape index (κ2) is 10.1. The summed E-state index contributed by atoms with van der Waals surface area (Å²) in [6, 6.07) is 24.2. The number of hydrogen-bond acceptors (Lipinski definition) is 3. The van der Waals surface area contributed by atoms with Crippen LogP contribution in [-0.4, -0.2) is 18.2 Å². The van der Waals surface area contributed by atoms with Gasteiger partial charge in [0.2, 0.25) is 0 Å². The quantitative estimate of drug-likeness (QED) is 0.265. The van der Waals surface area contributed by atoms with Crippen molar-refractivity contribution in [2.45, 2.75) is 6.43 Å². The maximum Gasteiger partial charge on any atom is 0.314 e. The van der Waals surface area contributed by atoms with Crippen molar-refractivity contribution in [2.75, 3.05) is 0 Å². The highest BCUT2D eigenvalue weighted by Gasteiger charge is 2.24. The lowest BCUT2D eigenvalue weighted by Gasteiger charge is -2.20. The fraction of sp³-hybridized carbons (Fsp3) is 0.0476. The molecule has 0 bridgehead atoms. The summed E-state index contributed by atoms with van der Waals surface area (Å²) in [7, 11) is -1.60. The number of hydrazone groups is 1. The fourth-order valence-electron chi connectivity index (χ4n) is 2.38. The molecule has 4 nitrogen and oxygen atoms in total. The van der Waals surface area contributed by atoms with Gasteiger partial charge in [-0.15, -0.1) is 5.10 Å². The largest absolute Gasteiger partial charge is 0.445 e. The van der Waals surface area contributed by atoms with Crippen molar-refractivity contribution in [3.05, 3.63) is 95.5 Å². The van der Waals surface area contributed by atoms with E-state index in [9.17, 15) is 13.6 Å². The molecule has 0 heterocycles. The molecule has 0 unspecified atom stereocenters. The van der Waals surface area contributed by atoms with Gasteiger partial charge in [-0.3, -0.25) is 4.79 Å². The molecular formula is C21H16ClF2N2O2P. The third-order valence-corrected chi connectivity index (χ3v) is 5.85. The zero-order valence-corrected chi connectivity index (χ0v) is 16.7. The number of alkyl halides is 2. The van der Waals surface area contributed by atoms with Gasteiger partial charge in [-0.25, -0.2) is 5.43 Å². The highest BCUT2D eigenvalue weighted by Crippen LogP contribution is 2.36. The molecule has 29 heavy (non-hydrogen) atoms. The Balaban J connectivity index is 1.85. The molecule has 0 aliphatic carbocycles. The first kappa shape index (κ1) is 20.9. The van der Waals surface area contributed by atoms with E-state index in [2.05, 4.69) is 10.5 Å². The van der Waals surface area contributed by atoms with Gasteiger partial charge < -0.3 is 4.52 Å². The summed E-state index contributed by atoms with van der Waals surface area (Å²) < 4.78 is 32.8. The van der Waals surface area contributed by atoms with Gasteiger partial charge in [0.05, 0.1) is 0 Å². The maximum atomic E-state index is 13.6.